The van der Waals surface area contributed by atoms with E-state index in [1.165, 1.54) is 143 Å². The normalized spacial score (nSPS) is 11.5. The van der Waals surface area contributed by atoms with Crippen molar-refractivity contribution in [2.24, 2.45) is 9.98 Å². The molecule has 4 rings (SSSR count). The van der Waals surface area contributed by atoms with Crippen molar-refractivity contribution < 1.29 is 26.7 Å². The predicted molar refractivity (Wildman–Crippen MR) is 256 cm³/mol. The summed E-state index contributed by atoms with van der Waals surface area (Å²) in [5.41, 5.74) is 11.7. The van der Waals surface area contributed by atoms with Crippen LogP contribution in [0.3, 0.4) is 0 Å². The molecule has 328 valence electrons. The summed E-state index contributed by atoms with van der Waals surface area (Å²) in [5, 5.41) is 21.7. The van der Waals surface area contributed by atoms with Crippen molar-refractivity contribution in [2.45, 2.75) is 196 Å². The molecule has 0 unspecified atom stereocenters. The fourth-order valence-corrected chi connectivity index (χ4v) is 7.89. The number of hydrogen-bond acceptors (Lipinski definition) is 4. The maximum Gasteiger partial charge on any atom is 0.127 e. The van der Waals surface area contributed by atoms with E-state index in [2.05, 4.69) is 84.9 Å². The van der Waals surface area contributed by atoms with Gasteiger partial charge < -0.3 is 10.2 Å². The van der Waals surface area contributed by atoms with Gasteiger partial charge in [0.2, 0.25) is 0 Å². The summed E-state index contributed by atoms with van der Waals surface area (Å²) in [6.07, 6.45) is 29.4. The van der Waals surface area contributed by atoms with Gasteiger partial charge in [0.25, 0.3) is 0 Å². The Morgan fingerprint density at radius 2 is 1.02 bits per heavy atom. The van der Waals surface area contributed by atoms with Crippen LogP contribution < -0.4 is 0 Å². The van der Waals surface area contributed by atoms with E-state index in [4.69, 9.17) is 9.98 Å². The molecular formula is C54H80N2NiO2. The molecule has 0 spiro atoms. The molecule has 0 aliphatic carbocycles. The van der Waals surface area contributed by atoms with Gasteiger partial charge in [0, 0.05) is 22.7 Å². The van der Waals surface area contributed by atoms with Crippen LogP contribution in [0.25, 0.3) is 10.8 Å². The van der Waals surface area contributed by atoms with Gasteiger partial charge in [-0.25, -0.2) is 0 Å². The molecule has 2 N–H and O–H groups in total. The van der Waals surface area contributed by atoms with Crippen LogP contribution in [0.5, 0.6) is 11.5 Å². The standard InChI is InChI=1S/C36H56N2.C18H24O2.Ni/c1-6-11-16-17-22-36(38-35-26-24-31(19-13-8-3)33(28-35)21-15-10-5)29-37-34-25-23-30(18-12-7-2)32(27-34)20-14-9-4;1-3-5-6-7-9-14-13(4-2)12-17(20)18-15(14)10-8-11-16(18)19;/h23-29H,6-22H2,1-5H3;8,10-12,19-20H,3-7,9H2,1-2H3;. The summed E-state index contributed by atoms with van der Waals surface area (Å²) in [5.74, 6) is 0.352. The molecule has 59 heavy (non-hydrogen) atoms. The molecular weight excluding hydrogens is 767 g/mol. The van der Waals surface area contributed by atoms with Crippen LogP contribution in [0.1, 0.15) is 191 Å². The number of aryl methyl sites for hydroxylation is 6. The molecule has 0 saturated carbocycles. The first-order chi connectivity index (χ1) is 28.3. The Hall–Kier alpha value is -3.43. The molecule has 0 fully saturated rings. The average Bonchev–Trinajstić information content (AvgIpc) is 3.24. The molecule has 4 nitrogen and oxygen atoms in total. The van der Waals surface area contributed by atoms with Gasteiger partial charge >= 0.3 is 0 Å². The first-order valence-corrected chi connectivity index (χ1v) is 23.6. The van der Waals surface area contributed by atoms with E-state index in [0.717, 1.165) is 61.0 Å². The van der Waals surface area contributed by atoms with Gasteiger partial charge in [-0.2, -0.15) is 0 Å². The van der Waals surface area contributed by atoms with E-state index in [9.17, 15) is 10.2 Å². The summed E-state index contributed by atoms with van der Waals surface area (Å²) >= 11 is 0. The number of aliphatic imine (C=N–C) groups is 2. The van der Waals surface area contributed by atoms with Crippen LogP contribution in [0.2, 0.25) is 0 Å². The van der Waals surface area contributed by atoms with E-state index in [1.807, 2.05) is 24.4 Å². The number of phenols is 2. The maximum atomic E-state index is 10.1. The third kappa shape index (κ3) is 18.0. The topological polar surface area (TPSA) is 65.2 Å². The van der Waals surface area contributed by atoms with Crippen molar-refractivity contribution in [3.63, 3.8) is 0 Å². The first-order valence-electron chi connectivity index (χ1n) is 23.6. The quantitative estimate of drug-likeness (QED) is 0.0376. The number of phenolic OH excluding ortho intramolecular Hbond substituents is 2. The Bertz CT molecular complexity index is 1830. The average molecular weight is 848 g/mol. The van der Waals surface area contributed by atoms with Crippen molar-refractivity contribution in [3.8, 4) is 11.5 Å². The third-order valence-corrected chi connectivity index (χ3v) is 11.5. The fraction of sp³-hybridized carbons (Fsp3) is 0.556. The van der Waals surface area contributed by atoms with Crippen LogP contribution in [0.4, 0.5) is 11.4 Å². The van der Waals surface area contributed by atoms with E-state index in [0.29, 0.717) is 5.39 Å². The van der Waals surface area contributed by atoms with Crippen molar-refractivity contribution >= 4 is 34.1 Å². The van der Waals surface area contributed by atoms with Crippen molar-refractivity contribution in [3.05, 3.63) is 94.0 Å². The van der Waals surface area contributed by atoms with Gasteiger partial charge in [0.15, 0.2) is 0 Å². The summed E-state index contributed by atoms with van der Waals surface area (Å²) in [6.45, 7) is 15.7. The molecule has 4 aromatic rings. The maximum absolute atomic E-state index is 10.1. The largest absolute Gasteiger partial charge is 0.507 e. The predicted octanol–water partition coefficient (Wildman–Crippen LogP) is 16.4. The van der Waals surface area contributed by atoms with Crippen LogP contribution >= 0.6 is 0 Å². The van der Waals surface area contributed by atoms with E-state index >= 15 is 0 Å². The Morgan fingerprint density at radius 1 is 0.492 bits per heavy atom. The van der Waals surface area contributed by atoms with Crippen LogP contribution in [0, 0.1) is 0 Å². The monoisotopic (exact) mass is 847 g/mol. The molecule has 0 bridgehead atoms. The first kappa shape index (κ1) is 51.7. The second kappa shape index (κ2) is 30.6. The second-order valence-electron chi connectivity index (χ2n) is 16.4. The number of benzene rings is 4. The van der Waals surface area contributed by atoms with Crippen LogP contribution in [-0.2, 0) is 55.0 Å². The zero-order chi connectivity index (χ0) is 42.0. The third-order valence-electron chi connectivity index (χ3n) is 11.5. The molecule has 0 saturated heterocycles. The minimum atomic E-state index is 0. The van der Waals surface area contributed by atoms with E-state index in [-0.39, 0.29) is 28.0 Å². The molecule has 5 heteroatoms. The summed E-state index contributed by atoms with van der Waals surface area (Å²) in [4.78, 5) is 10.1. The Morgan fingerprint density at radius 3 is 1.58 bits per heavy atom. The minimum absolute atomic E-state index is 0. The van der Waals surface area contributed by atoms with Gasteiger partial charge in [-0.3, -0.25) is 9.98 Å². The Balaban J connectivity index is 0.000000479. The number of nitrogens with zero attached hydrogens (tertiary/aromatic N) is 2. The minimum Gasteiger partial charge on any atom is -0.507 e. The smallest absolute Gasteiger partial charge is 0.127 e. The summed E-state index contributed by atoms with van der Waals surface area (Å²) < 4.78 is 0. The fourth-order valence-electron chi connectivity index (χ4n) is 7.89. The summed E-state index contributed by atoms with van der Waals surface area (Å²) in [7, 11) is 0. The van der Waals surface area contributed by atoms with E-state index < -0.39 is 0 Å². The summed E-state index contributed by atoms with van der Waals surface area (Å²) in [6, 6.07) is 21.1. The van der Waals surface area contributed by atoms with Crippen molar-refractivity contribution in [1.29, 1.82) is 0 Å². The number of aromatic hydroxyl groups is 2. The van der Waals surface area contributed by atoms with Crippen LogP contribution in [-0.4, -0.2) is 22.1 Å². The SMILES string of the molecule is CCCCCCC(C=Nc1ccc(CCCC)c(CCCC)c1)=Nc1ccc(CCCC)c(CCCC)c1.CCCCCCc1c(CC)cc(O)c2c(O)cccc12.[Ni]. The van der Waals surface area contributed by atoms with E-state index in [1.54, 1.807) is 6.07 Å². The number of rotatable bonds is 26. The molecule has 0 radical (unpaired) electrons. The number of fused-ring (bicyclic) bond motifs is 1. The zero-order valence-corrected chi connectivity index (χ0v) is 39.2. The van der Waals surface area contributed by atoms with Gasteiger partial charge in [0.05, 0.1) is 22.5 Å². The Kier molecular flexibility index (Phi) is 26.8. The van der Waals surface area contributed by atoms with Crippen molar-refractivity contribution in [2.75, 3.05) is 0 Å². The molecule has 0 heterocycles. The zero-order valence-electron chi connectivity index (χ0n) is 38.2. The molecule has 0 aromatic heterocycles. The molecule has 4 aromatic carbocycles. The van der Waals surface area contributed by atoms with Gasteiger partial charge in [-0.05, 0) is 159 Å². The van der Waals surface area contributed by atoms with Crippen LogP contribution in [0.15, 0.2) is 70.6 Å². The molecule has 0 aliphatic rings. The Labute approximate surface area is 370 Å². The molecule has 0 aliphatic heterocycles. The van der Waals surface area contributed by atoms with Crippen molar-refractivity contribution in [1.82, 2.24) is 0 Å². The van der Waals surface area contributed by atoms with Gasteiger partial charge in [0.1, 0.15) is 11.5 Å². The number of hydrogen-bond donors (Lipinski definition) is 2. The van der Waals surface area contributed by atoms with Gasteiger partial charge in [-0.15, -0.1) is 0 Å². The molecule has 0 atom stereocenters. The van der Waals surface area contributed by atoms with Gasteiger partial charge in [-0.1, -0.05) is 137 Å². The second-order valence-corrected chi connectivity index (χ2v) is 16.4. The molecule has 0 amide bonds. The number of unbranched alkanes of at least 4 members (excludes halogenated alkanes) is 10.